The van der Waals surface area contributed by atoms with E-state index in [4.69, 9.17) is 0 Å². The van der Waals surface area contributed by atoms with Gasteiger partial charge in [0.15, 0.2) is 0 Å². The van der Waals surface area contributed by atoms with E-state index < -0.39 is 6.36 Å². The molecule has 0 saturated carbocycles. The molecule has 0 bridgehead atoms. The van der Waals surface area contributed by atoms with E-state index in [1.807, 2.05) is 14.0 Å². The maximum Gasteiger partial charge on any atom is 0.573 e. The van der Waals surface area contributed by atoms with Crippen molar-refractivity contribution in [2.45, 2.75) is 38.6 Å². The molecule has 2 nitrogen and oxygen atoms in total. The predicted octanol–water partition coefficient (Wildman–Crippen LogP) is 3.52. The van der Waals surface area contributed by atoms with Gasteiger partial charge < -0.3 is 10.1 Å². The van der Waals surface area contributed by atoms with Crippen LogP contribution in [0, 0.1) is 0 Å². The molecule has 0 amide bonds. The molecular weight excluding hydrogens is 243 g/mol. The standard InChI is InChI=1S/C13H18F3NO/c1-3-11(17-2)9-8-10-6-4-5-7-12(10)18-13(14,15)16/h4-7,11,17H,3,8-9H2,1-2H3. The summed E-state index contributed by atoms with van der Waals surface area (Å²) in [6, 6.07) is 6.59. The second kappa shape index (κ2) is 6.64. The maximum absolute atomic E-state index is 12.2. The first-order valence-corrected chi connectivity index (χ1v) is 5.97. The third kappa shape index (κ3) is 4.96. The maximum atomic E-state index is 12.2. The lowest BCUT2D eigenvalue weighted by atomic mass is 10.0. The highest BCUT2D eigenvalue weighted by Crippen LogP contribution is 2.27. The van der Waals surface area contributed by atoms with Crippen LogP contribution in [0.1, 0.15) is 25.3 Å². The normalized spacial score (nSPS) is 13.4. The Labute approximate surface area is 105 Å². The van der Waals surface area contributed by atoms with Crippen molar-refractivity contribution in [2.24, 2.45) is 0 Å². The molecule has 0 aromatic heterocycles. The smallest absolute Gasteiger partial charge is 0.406 e. The Morgan fingerprint density at radius 3 is 2.50 bits per heavy atom. The van der Waals surface area contributed by atoms with Crippen LogP contribution in [0.25, 0.3) is 0 Å². The average Bonchev–Trinajstić information content (AvgIpc) is 2.30. The zero-order chi connectivity index (χ0) is 13.6. The van der Waals surface area contributed by atoms with Gasteiger partial charge in [-0.1, -0.05) is 25.1 Å². The fourth-order valence-corrected chi connectivity index (χ4v) is 1.82. The molecule has 1 rings (SSSR count). The molecule has 5 heteroatoms. The molecule has 0 spiro atoms. The minimum absolute atomic E-state index is 0.101. The third-order valence-electron chi connectivity index (χ3n) is 2.86. The molecule has 0 aliphatic heterocycles. The summed E-state index contributed by atoms with van der Waals surface area (Å²) >= 11 is 0. The fraction of sp³-hybridized carbons (Fsp3) is 0.538. The van der Waals surface area contributed by atoms with Crippen molar-refractivity contribution < 1.29 is 17.9 Å². The zero-order valence-electron chi connectivity index (χ0n) is 10.6. The summed E-state index contributed by atoms with van der Waals surface area (Å²) in [5.41, 5.74) is 0.587. The molecule has 102 valence electrons. The lowest BCUT2D eigenvalue weighted by Gasteiger charge is -2.16. The van der Waals surface area contributed by atoms with Gasteiger partial charge in [-0.25, -0.2) is 0 Å². The second-order valence-electron chi connectivity index (χ2n) is 4.09. The van der Waals surface area contributed by atoms with Crippen LogP contribution in [0.15, 0.2) is 24.3 Å². The molecule has 0 aliphatic rings. The van der Waals surface area contributed by atoms with E-state index in [0.29, 0.717) is 18.0 Å². The van der Waals surface area contributed by atoms with Gasteiger partial charge in [0, 0.05) is 6.04 Å². The van der Waals surface area contributed by atoms with Crippen molar-refractivity contribution in [2.75, 3.05) is 7.05 Å². The van der Waals surface area contributed by atoms with Crippen LogP contribution in [0.3, 0.4) is 0 Å². The highest BCUT2D eigenvalue weighted by molar-refractivity contribution is 5.33. The number of para-hydroxylation sites is 1. The van der Waals surface area contributed by atoms with Crippen LogP contribution in [0.5, 0.6) is 5.75 Å². The summed E-state index contributed by atoms with van der Waals surface area (Å²) in [6.07, 6.45) is -2.35. The SMILES string of the molecule is CCC(CCc1ccccc1OC(F)(F)F)NC. The minimum Gasteiger partial charge on any atom is -0.406 e. The molecule has 1 N–H and O–H groups in total. The van der Waals surface area contributed by atoms with Gasteiger partial charge in [0.1, 0.15) is 5.75 Å². The molecule has 0 radical (unpaired) electrons. The van der Waals surface area contributed by atoms with Gasteiger partial charge in [-0.15, -0.1) is 13.2 Å². The first-order chi connectivity index (χ1) is 8.46. The number of benzene rings is 1. The number of rotatable bonds is 6. The average molecular weight is 261 g/mol. The van der Waals surface area contributed by atoms with E-state index in [1.165, 1.54) is 6.07 Å². The molecule has 1 atom stereocenters. The summed E-state index contributed by atoms with van der Waals surface area (Å²) in [5.74, 6) is -0.101. The van der Waals surface area contributed by atoms with Crippen LogP contribution in [-0.4, -0.2) is 19.5 Å². The fourth-order valence-electron chi connectivity index (χ4n) is 1.82. The van der Waals surface area contributed by atoms with Gasteiger partial charge in [0.05, 0.1) is 0 Å². The number of alkyl halides is 3. The van der Waals surface area contributed by atoms with E-state index in [1.54, 1.807) is 18.2 Å². The van der Waals surface area contributed by atoms with Gasteiger partial charge in [-0.2, -0.15) is 0 Å². The minimum atomic E-state index is -4.64. The third-order valence-corrected chi connectivity index (χ3v) is 2.86. The van der Waals surface area contributed by atoms with E-state index in [-0.39, 0.29) is 5.75 Å². The van der Waals surface area contributed by atoms with Gasteiger partial charge in [0.2, 0.25) is 0 Å². The zero-order valence-corrected chi connectivity index (χ0v) is 10.6. The Morgan fingerprint density at radius 2 is 1.94 bits per heavy atom. The predicted molar refractivity (Wildman–Crippen MR) is 64.6 cm³/mol. The molecule has 1 aromatic carbocycles. The summed E-state index contributed by atoms with van der Waals surface area (Å²) in [6.45, 7) is 2.04. The number of hydrogen-bond acceptors (Lipinski definition) is 2. The molecule has 18 heavy (non-hydrogen) atoms. The largest absolute Gasteiger partial charge is 0.573 e. The van der Waals surface area contributed by atoms with Crippen LogP contribution >= 0.6 is 0 Å². The van der Waals surface area contributed by atoms with Gasteiger partial charge in [-0.3, -0.25) is 0 Å². The van der Waals surface area contributed by atoms with Crippen LogP contribution in [0.2, 0.25) is 0 Å². The van der Waals surface area contributed by atoms with Crippen LogP contribution in [0.4, 0.5) is 13.2 Å². The van der Waals surface area contributed by atoms with E-state index in [9.17, 15) is 13.2 Å². The number of nitrogens with one attached hydrogen (secondary N) is 1. The second-order valence-corrected chi connectivity index (χ2v) is 4.09. The summed E-state index contributed by atoms with van der Waals surface area (Å²) < 4.78 is 40.7. The lowest BCUT2D eigenvalue weighted by Crippen LogP contribution is -2.25. The van der Waals surface area contributed by atoms with E-state index >= 15 is 0 Å². The van der Waals surface area contributed by atoms with E-state index in [0.717, 1.165) is 12.8 Å². The first-order valence-electron chi connectivity index (χ1n) is 5.97. The van der Waals surface area contributed by atoms with Crippen molar-refractivity contribution in [3.05, 3.63) is 29.8 Å². The summed E-state index contributed by atoms with van der Waals surface area (Å²) in [7, 11) is 1.85. The Kier molecular flexibility index (Phi) is 5.47. The number of hydrogen-bond donors (Lipinski definition) is 1. The highest BCUT2D eigenvalue weighted by atomic mass is 19.4. The topological polar surface area (TPSA) is 21.3 Å². The number of ether oxygens (including phenoxy) is 1. The molecule has 0 saturated heterocycles. The van der Waals surface area contributed by atoms with Gasteiger partial charge in [0.25, 0.3) is 0 Å². The Hall–Kier alpha value is -1.23. The Balaban J connectivity index is 2.70. The van der Waals surface area contributed by atoms with Gasteiger partial charge >= 0.3 is 6.36 Å². The molecule has 0 heterocycles. The monoisotopic (exact) mass is 261 g/mol. The Bertz CT molecular complexity index is 361. The van der Waals surface area contributed by atoms with Crippen LogP contribution < -0.4 is 10.1 Å². The van der Waals surface area contributed by atoms with Crippen LogP contribution in [-0.2, 0) is 6.42 Å². The Morgan fingerprint density at radius 1 is 1.28 bits per heavy atom. The highest BCUT2D eigenvalue weighted by Gasteiger charge is 2.31. The molecular formula is C13H18F3NO. The number of halogens is 3. The summed E-state index contributed by atoms with van der Waals surface area (Å²) in [5, 5.41) is 3.13. The first kappa shape index (κ1) is 14.8. The summed E-state index contributed by atoms with van der Waals surface area (Å²) in [4.78, 5) is 0. The van der Waals surface area contributed by atoms with Crippen molar-refractivity contribution >= 4 is 0 Å². The number of aryl methyl sites for hydroxylation is 1. The van der Waals surface area contributed by atoms with Gasteiger partial charge in [-0.05, 0) is 37.9 Å². The van der Waals surface area contributed by atoms with Crippen molar-refractivity contribution in [1.29, 1.82) is 0 Å². The molecule has 1 unspecified atom stereocenters. The van der Waals surface area contributed by atoms with Crippen molar-refractivity contribution in [1.82, 2.24) is 5.32 Å². The van der Waals surface area contributed by atoms with Crippen molar-refractivity contribution in [3.63, 3.8) is 0 Å². The van der Waals surface area contributed by atoms with Crippen molar-refractivity contribution in [3.8, 4) is 5.75 Å². The molecule has 0 fully saturated rings. The van der Waals surface area contributed by atoms with E-state index in [2.05, 4.69) is 10.1 Å². The molecule has 1 aromatic rings. The lowest BCUT2D eigenvalue weighted by molar-refractivity contribution is -0.274. The molecule has 0 aliphatic carbocycles. The quantitative estimate of drug-likeness (QED) is 0.846.